The van der Waals surface area contributed by atoms with Crippen LogP contribution in [0.3, 0.4) is 0 Å². The Labute approximate surface area is 191 Å². The van der Waals surface area contributed by atoms with E-state index >= 15 is 0 Å². The summed E-state index contributed by atoms with van der Waals surface area (Å²) in [7, 11) is 0. The monoisotopic (exact) mass is 430 g/mol. The third-order valence-electron chi connectivity index (χ3n) is 7.19. The second kappa shape index (κ2) is 12.6. The van der Waals surface area contributed by atoms with E-state index in [0.29, 0.717) is 12.7 Å². The third-order valence-corrected chi connectivity index (χ3v) is 7.19. The summed E-state index contributed by atoms with van der Waals surface area (Å²) in [5.74, 6) is 3.18. The van der Waals surface area contributed by atoms with Gasteiger partial charge >= 0.3 is 0 Å². The van der Waals surface area contributed by atoms with E-state index in [1.165, 1.54) is 95.5 Å². The molecule has 1 aromatic carbocycles. The van der Waals surface area contributed by atoms with Gasteiger partial charge in [0.1, 0.15) is 11.4 Å². The molecule has 2 aliphatic heterocycles. The normalized spacial score (nSPS) is 21.7. The van der Waals surface area contributed by atoms with Crippen molar-refractivity contribution in [2.45, 2.75) is 135 Å². The van der Waals surface area contributed by atoms with Crippen LogP contribution in [0.1, 0.15) is 135 Å². The lowest BCUT2D eigenvalue weighted by Gasteiger charge is -2.39. The Morgan fingerprint density at radius 2 is 1.26 bits per heavy atom. The predicted molar refractivity (Wildman–Crippen MR) is 130 cm³/mol. The van der Waals surface area contributed by atoms with Crippen molar-refractivity contribution in [1.29, 1.82) is 0 Å². The van der Waals surface area contributed by atoms with E-state index in [-0.39, 0.29) is 5.60 Å². The molecule has 176 valence electrons. The molecule has 0 saturated carbocycles. The molecule has 0 radical (unpaired) electrons. The minimum Gasteiger partial charge on any atom is -0.487 e. The van der Waals surface area contributed by atoms with Gasteiger partial charge in [-0.25, -0.2) is 0 Å². The Balaban J connectivity index is 1.24. The zero-order valence-corrected chi connectivity index (χ0v) is 20.5. The van der Waals surface area contributed by atoms with Crippen molar-refractivity contribution in [3.05, 3.63) is 17.7 Å². The van der Waals surface area contributed by atoms with E-state index in [0.717, 1.165) is 30.1 Å². The maximum Gasteiger partial charge on any atom is 0.231 e. The first kappa shape index (κ1) is 24.3. The van der Waals surface area contributed by atoms with Crippen LogP contribution in [-0.2, 0) is 0 Å². The van der Waals surface area contributed by atoms with Crippen molar-refractivity contribution in [1.82, 2.24) is 0 Å². The average molecular weight is 431 g/mol. The summed E-state index contributed by atoms with van der Waals surface area (Å²) in [6.45, 7) is 7.22. The lowest BCUT2D eigenvalue weighted by molar-refractivity contribution is 0.0443. The zero-order chi connectivity index (χ0) is 21.9. The van der Waals surface area contributed by atoms with Crippen LogP contribution >= 0.6 is 0 Å². The maximum absolute atomic E-state index is 6.49. The van der Waals surface area contributed by atoms with Crippen LogP contribution in [0.2, 0.25) is 0 Å². The highest BCUT2D eigenvalue weighted by molar-refractivity contribution is 5.54. The molecule has 3 heteroatoms. The third kappa shape index (κ3) is 7.61. The summed E-state index contributed by atoms with van der Waals surface area (Å²) in [4.78, 5) is 0. The van der Waals surface area contributed by atoms with Gasteiger partial charge in [0.25, 0.3) is 0 Å². The fraction of sp³-hybridized carbons (Fsp3) is 0.786. The summed E-state index contributed by atoms with van der Waals surface area (Å²) < 4.78 is 17.6. The molecule has 2 unspecified atom stereocenters. The second-order valence-corrected chi connectivity index (χ2v) is 10.2. The van der Waals surface area contributed by atoms with Crippen LogP contribution in [0, 0.1) is 0 Å². The van der Waals surface area contributed by atoms with Gasteiger partial charge in [-0.15, -0.1) is 0 Å². The zero-order valence-electron chi connectivity index (χ0n) is 20.5. The molecule has 31 heavy (non-hydrogen) atoms. The Morgan fingerprint density at radius 3 is 1.84 bits per heavy atom. The predicted octanol–water partition coefficient (Wildman–Crippen LogP) is 8.93. The quantitative estimate of drug-likeness (QED) is 0.260. The van der Waals surface area contributed by atoms with E-state index in [1.54, 1.807) is 0 Å². The van der Waals surface area contributed by atoms with Crippen molar-refractivity contribution in [2.24, 2.45) is 0 Å². The molecule has 1 aromatic rings. The molecule has 0 aromatic heterocycles. The summed E-state index contributed by atoms with van der Waals surface area (Å²) in [5, 5.41) is 0. The van der Waals surface area contributed by atoms with Crippen LogP contribution in [0.15, 0.2) is 12.1 Å². The number of unbranched alkanes of at least 4 members (excludes halogenated alkanes) is 13. The molecule has 3 nitrogen and oxygen atoms in total. The minimum absolute atomic E-state index is 0.0583. The fourth-order valence-electron chi connectivity index (χ4n) is 5.32. The van der Waals surface area contributed by atoms with E-state index in [1.807, 2.05) is 6.07 Å². The highest BCUT2D eigenvalue weighted by atomic mass is 16.7. The first-order valence-electron chi connectivity index (χ1n) is 13.2. The van der Waals surface area contributed by atoms with Crippen molar-refractivity contribution in [2.75, 3.05) is 6.79 Å². The molecule has 0 aliphatic carbocycles. The molecule has 0 saturated heterocycles. The molecule has 2 heterocycles. The largest absolute Gasteiger partial charge is 0.487 e. The lowest BCUT2D eigenvalue weighted by Crippen LogP contribution is -2.37. The van der Waals surface area contributed by atoms with E-state index in [2.05, 4.69) is 26.8 Å². The maximum atomic E-state index is 6.49. The number of rotatable bonds is 15. The van der Waals surface area contributed by atoms with Gasteiger partial charge in [0.2, 0.25) is 6.79 Å². The lowest BCUT2D eigenvalue weighted by atomic mass is 9.81. The smallest absolute Gasteiger partial charge is 0.231 e. The summed E-state index contributed by atoms with van der Waals surface area (Å²) in [5.41, 5.74) is 1.21. The van der Waals surface area contributed by atoms with Crippen molar-refractivity contribution >= 4 is 0 Å². The van der Waals surface area contributed by atoms with Crippen molar-refractivity contribution < 1.29 is 14.2 Å². The molecule has 2 atom stereocenters. The van der Waals surface area contributed by atoms with Crippen molar-refractivity contribution in [3.8, 4) is 17.2 Å². The standard InChI is InChI=1S/C28H46O3/c1-4-5-6-7-8-9-10-11-12-13-14-15-16-17-18-28(3)21-23(2)24-19-26-27(30-22-29-26)20-25(24)31-28/h19-20,23H,4-18,21-22H2,1-3H3. The molecule has 0 N–H and O–H groups in total. The van der Waals surface area contributed by atoms with Gasteiger partial charge in [0.05, 0.1) is 0 Å². The van der Waals surface area contributed by atoms with E-state index in [4.69, 9.17) is 14.2 Å². The molecule has 0 amide bonds. The van der Waals surface area contributed by atoms with E-state index in [9.17, 15) is 0 Å². The number of hydrogen-bond acceptors (Lipinski definition) is 3. The van der Waals surface area contributed by atoms with Crippen LogP contribution < -0.4 is 14.2 Å². The second-order valence-electron chi connectivity index (χ2n) is 10.2. The Kier molecular flexibility index (Phi) is 9.87. The van der Waals surface area contributed by atoms with E-state index < -0.39 is 0 Å². The molecule has 2 aliphatic rings. The fourth-order valence-corrected chi connectivity index (χ4v) is 5.32. The minimum atomic E-state index is -0.0583. The molecule has 0 bridgehead atoms. The Hall–Kier alpha value is -1.38. The van der Waals surface area contributed by atoms with Gasteiger partial charge in [-0.1, -0.05) is 97.3 Å². The highest BCUT2D eigenvalue weighted by Gasteiger charge is 2.36. The molecule has 0 spiro atoms. The average Bonchev–Trinajstić information content (AvgIpc) is 3.20. The highest BCUT2D eigenvalue weighted by Crippen LogP contribution is 2.48. The molecular weight excluding hydrogens is 384 g/mol. The molecular formula is C28H46O3. The topological polar surface area (TPSA) is 27.7 Å². The van der Waals surface area contributed by atoms with Crippen LogP contribution in [0.4, 0.5) is 0 Å². The van der Waals surface area contributed by atoms with Gasteiger partial charge in [0, 0.05) is 11.6 Å². The number of hydrogen-bond donors (Lipinski definition) is 0. The van der Waals surface area contributed by atoms with Crippen molar-refractivity contribution in [3.63, 3.8) is 0 Å². The van der Waals surface area contributed by atoms with Gasteiger partial charge in [-0.2, -0.15) is 0 Å². The van der Waals surface area contributed by atoms with Gasteiger partial charge in [-0.3, -0.25) is 0 Å². The van der Waals surface area contributed by atoms with Crippen LogP contribution in [-0.4, -0.2) is 12.4 Å². The SMILES string of the molecule is CCCCCCCCCCCCCCCCC1(C)CC(C)c2cc3c(cc2O1)OCO3. The summed E-state index contributed by atoms with van der Waals surface area (Å²) in [6, 6.07) is 4.16. The van der Waals surface area contributed by atoms with Gasteiger partial charge in [-0.05, 0) is 38.2 Å². The first-order valence-corrected chi connectivity index (χ1v) is 13.2. The summed E-state index contributed by atoms with van der Waals surface area (Å²) in [6.07, 6.45) is 21.9. The van der Waals surface area contributed by atoms with Gasteiger partial charge < -0.3 is 14.2 Å². The van der Waals surface area contributed by atoms with Crippen LogP contribution in [0.25, 0.3) is 0 Å². The number of benzene rings is 1. The molecule has 0 fully saturated rings. The van der Waals surface area contributed by atoms with Crippen LogP contribution in [0.5, 0.6) is 17.2 Å². The van der Waals surface area contributed by atoms with Gasteiger partial charge in [0.15, 0.2) is 11.5 Å². The number of ether oxygens (including phenoxy) is 3. The Morgan fingerprint density at radius 1 is 0.742 bits per heavy atom. The number of fused-ring (bicyclic) bond motifs is 2. The molecule has 3 rings (SSSR count). The Bertz CT molecular complexity index is 656. The summed E-state index contributed by atoms with van der Waals surface area (Å²) >= 11 is 0. The first-order chi connectivity index (χ1) is 15.1.